The van der Waals surface area contributed by atoms with Gasteiger partial charge in [0.05, 0.1) is 7.05 Å². The van der Waals surface area contributed by atoms with E-state index in [2.05, 4.69) is 19.2 Å². The molecule has 4 rings (SSSR count). The molecule has 1 atom stereocenters. The third-order valence-corrected chi connectivity index (χ3v) is 4.81. The Morgan fingerprint density at radius 3 is 2.58 bits per heavy atom. The summed E-state index contributed by atoms with van der Waals surface area (Å²) >= 11 is 0. The predicted octanol–water partition coefficient (Wildman–Crippen LogP) is 2.40. The van der Waals surface area contributed by atoms with Gasteiger partial charge in [0.2, 0.25) is 0 Å². The van der Waals surface area contributed by atoms with Gasteiger partial charge < -0.3 is 13.7 Å². The molecule has 2 heterocycles. The summed E-state index contributed by atoms with van der Waals surface area (Å²) in [6.07, 6.45) is 3.40. The summed E-state index contributed by atoms with van der Waals surface area (Å²) in [5.74, 6) is 1.90. The third kappa shape index (κ3) is 2.89. The molecule has 0 saturated heterocycles. The van der Waals surface area contributed by atoms with Crippen LogP contribution in [0.15, 0.2) is 44.0 Å². The first kappa shape index (κ1) is 15.2. The highest BCUT2D eigenvalue weighted by Crippen LogP contribution is 2.28. The van der Waals surface area contributed by atoms with Crippen LogP contribution < -0.4 is 10.5 Å². The summed E-state index contributed by atoms with van der Waals surface area (Å²) in [5, 5.41) is 1.07. The van der Waals surface area contributed by atoms with Crippen molar-refractivity contribution in [1.29, 1.82) is 0 Å². The highest BCUT2D eigenvalue weighted by Gasteiger charge is 2.17. The van der Waals surface area contributed by atoms with Crippen LogP contribution in [0, 0.1) is 6.92 Å². The van der Waals surface area contributed by atoms with E-state index >= 15 is 0 Å². The minimum atomic E-state index is -0.267. The number of rotatable bonds is 4. The van der Waals surface area contributed by atoms with Crippen LogP contribution in [0.2, 0.25) is 0 Å². The maximum atomic E-state index is 12.0. The van der Waals surface area contributed by atoms with Gasteiger partial charge in [0, 0.05) is 17.0 Å². The van der Waals surface area contributed by atoms with E-state index in [1.807, 2.05) is 19.1 Å². The smallest absolute Gasteiger partial charge is 0.336 e. The van der Waals surface area contributed by atoms with E-state index in [0.29, 0.717) is 0 Å². The van der Waals surface area contributed by atoms with Crippen LogP contribution >= 0.6 is 0 Å². The Morgan fingerprint density at radius 1 is 1.04 bits per heavy atom. The molecule has 0 fully saturated rings. The number of nitrogens with one attached hydrogen (secondary N) is 1. The Kier molecular flexibility index (Phi) is 3.77. The van der Waals surface area contributed by atoms with Crippen LogP contribution in [0.3, 0.4) is 0 Å². The van der Waals surface area contributed by atoms with Crippen molar-refractivity contribution in [3.8, 4) is 0 Å². The molecule has 0 bridgehead atoms. The Hall–Kier alpha value is -2.33. The molecule has 3 aromatic rings. The molecule has 4 nitrogen and oxygen atoms in total. The summed E-state index contributed by atoms with van der Waals surface area (Å²) in [4.78, 5) is 13.2. The van der Waals surface area contributed by atoms with Crippen LogP contribution in [0.4, 0.5) is 0 Å². The maximum absolute atomic E-state index is 12.0. The van der Waals surface area contributed by atoms with Crippen molar-refractivity contribution in [1.82, 2.24) is 0 Å². The monoisotopic (exact) mass is 324 g/mol. The number of benzene rings is 1. The molecule has 2 aromatic heterocycles. The lowest BCUT2D eigenvalue weighted by Crippen LogP contribution is -3.06. The molecule has 1 aromatic carbocycles. The van der Waals surface area contributed by atoms with Crippen molar-refractivity contribution in [3.63, 3.8) is 0 Å². The predicted molar refractivity (Wildman–Crippen MR) is 92.2 cm³/mol. The second-order valence-corrected chi connectivity index (χ2v) is 6.88. The first-order chi connectivity index (χ1) is 11.6. The third-order valence-electron chi connectivity index (χ3n) is 4.81. The van der Waals surface area contributed by atoms with E-state index in [-0.39, 0.29) is 5.63 Å². The van der Waals surface area contributed by atoms with E-state index in [0.717, 1.165) is 54.0 Å². The molecule has 124 valence electrons. The first-order valence-electron chi connectivity index (χ1n) is 8.53. The zero-order valence-electron chi connectivity index (χ0n) is 14.1. The SMILES string of the molecule is Cc1ccc(C[NH+](C)Cc2cc(=O)oc3cc4c(cc23)CCC4)o1. The summed E-state index contributed by atoms with van der Waals surface area (Å²) in [5.41, 5.74) is 4.24. The van der Waals surface area contributed by atoms with Crippen LogP contribution in [0.5, 0.6) is 0 Å². The van der Waals surface area contributed by atoms with Gasteiger partial charge in [-0.15, -0.1) is 0 Å². The fourth-order valence-corrected chi connectivity index (χ4v) is 3.71. The fourth-order valence-electron chi connectivity index (χ4n) is 3.71. The summed E-state index contributed by atoms with van der Waals surface area (Å²) in [6, 6.07) is 9.93. The number of hydrogen-bond acceptors (Lipinski definition) is 3. The lowest BCUT2D eigenvalue weighted by Gasteiger charge is -2.14. The Morgan fingerprint density at radius 2 is 1.83 bits per heavy atom. The van der Waals surface area contributed by atoms with Crippen molar-refractivity contribution in [2.24, 2.45) is 0 Å². The van der Waals surface area contributed by atoms with Crippen LogP contribution in [0.1, 0.15) is 34.6 Å². The molecule has 0 spiro atoms. The molecule has 4 heteroatoms. The van der Waals surface area contributed by atoms with E-state index in [9.17, 15) is 4.79 Å². The second-order valence-electron chi connectivity index (χ2n) is 6.88. The highest BCUT2D eigenvalue weighted by atomic mass is 16.4. The average molecular weight is 324 g/mol. The minimum absolute atomic E-state index is 0.267. The van der Waals surface area contributed by atoms with Crippen molar-refractivity contribution < 1.29 is 13.7 Å². The van der Waals surface area contributed by atoms with Gasteiger partial charge in [-0.25, -0.2) is 4.79 Å². The highest BCUT2D eigenvalue weighted by molar-refractivity contribution is 5.82. The van der Waals surface area contributed by atoms with Crippen molar-refractivity contribution in [3.05, 3.63) is 69.0 Å². The lowest BCUT2D eigenvalue weighted by molar-refractivity contribution is -0.908. The molecule has 24 heavy (non-hydrogen) atoms. The molecule has 1 unspecified atom stereocenters. The topological polar surface area (TPSA) is 47.8 Å². The van der Waals surface area contributed by atoms with Crippen LogP contribution in [-0.2, 0) is 25.9 Å². The summed E-state index contributed by atoms with van der Waals surface area (Å²) in [7, 11) is 2.12. The van der Waals surface area contributed by atoms with Gasteiger partial charge in [-0.2, -0.15) is 0 Å². The Bertz CT molecular complexity index is 951. The molecule has 0 radical (unpaired) electrons. The molecule has 0 amide bonds. The fraction of sp³-hybridized carbons (Fsp3) is 0.350. The van der Waals surface area contributed by atoms with Crippen molar-refractivity contribution in [2.45, 2.75) is 39.3 Å². The van der Waals surface area contributed by atoms with Crippen molar-refractivity contribution >= 4 is 11.0 Å². The molecule has 0 aliphatic heterocycles. The van der Waals surface area contributed by atoms with Crippen LogP contribution in [0.25, 0.3) is 11.0 Å². The molecule has 1 aliphatic carbocycles. The first-order valence-corrected chi connectivity index (χ1v) is 8.53. The average Bonchev–Trinajstić information content (AvgIpc) is 3.13. The van der Waals surface area contributed by atoms with Gasteiger partial charge in [-0.3, -0.25) is 0 Å². The van der Waals surface area contributed by atoms with Gasteiger partial charge in [0.25, 0.3) is 0 Å². The molecule has 0 saturated carbocycles. The molecular formula is C20H22NO3+. The number of hydrogen-bond donors (Lipinski definition) is 1. The van der Waals surface area contributed by atoms with Gasteiger partial charge in [-0.05, 0) is 61.6 Å². The van der Waals surface area contributed by atoms with E-state index < -0.39 is 0 Å². The zero-order valence-corrected chi connectivity index (χ0v) is 14.1. The zero-order chi connectivity index (χ0) is 16.7. The van der Waals surface area contributed by atoms with Gasteiger partial charge >= 0.3 is 5.63 Å². The summed E-state index contributed by atoms with van der Waals surface area (Å²) in [6.45, 7) is 3.51. The minimum Gasteiger partial charge on any atom is -0.460 e. The van der Waals surface area contributed by atoms with Crippen molar-refractivity contribution in [2.75, 3.05) is 7.05 Å². The standard InChI is InChI=1S/C20H21NO3/c1-13-6-7-17(23-13)12-21(2)11-16-10-20(22)24-19-9-15-5-3-4-14(15)8-18(16)19/h6-10H,3-5,11-12H2,1-2H3/p+1. The number of furan rings is 1. The Balaban J connectivity index is 1.66. The second kappa shape index (κ2) is 5.95. The van der Waals surface area contributed by atoms with Crippen LogP contribution in [-0.4, -0.2) is 7.05 Å². The largest absolute Gasteiger partial charge is 0.460 e. The van der Waals surface area contributed by atoms with E-state index in [1.54, 1.807) is 6.07 Å². The van der Waals surface area contributed by atoms with Gasteiger partial charge in [-0.1, -0.05) is 0 Å². The maximum Gasteiger partial charge on any atom is 0.336 e. The van der Waals surface area contributed by atoms with E-state index in [4.69, 9.17) is 8.83 Å². The number of aryl methyl sites for hydroxylation is 3. The van der Waals surface area contributed by atoms with Gasteiger partial charge in [0.15, 0.2) is 5.76 Å². The Labute approximate surface area is 140 Å². The normalized spacial score (nSPS) is 14.9. The molecular weight excluding hydrogens is 302 g/mol. The van der Waals surface area contributed by atoms with Gasteiger partial charge in [0.1, 0.15) is 24.4 Å². The summed E-state index contributed by atoms with van der Waals surface area (Å²) < 4.78 is 11.1. The quantitative estimate of drug-likeness (QED) is 0.750. The molecule has 1 N–H and O–H groups in total. The number of fused-ring (bicyclic) bond motifs is 2. The molecule has 1 aliphatic rings. The van der Waals surface area contributed by atoms with E-state index in [1.165, 1.54) is 22.4 Å². The lowest BCUT2D eigenvalue weighted by atomic mass is 10.0. The number of quaternary nitrogens is 1.